The second-order valence-electron chi connectivity index (χ2n) is 6.14. The van der Waals surface area contributed by atoms with Gasteiger partial charge in [-0.25, -0.2) is 0 Å². The average molecular weight is 334 g/mol. The van der Waals surface area contributed by atoms with Gasteiger partial charge in [0, 0.05) is 31.0 Å². The molecule has 1 amide bonds. The van der Waals surface area contributed by atoms with E-state index in [4.69, 9.17) is 4.52 Å². The molecule has 0 radical (unpaired) electrons. The molecule has 0 bridgehead atoms. The zero-order valence-electron chi connectivity index (χ0n) is 13.8. The molecule has 1 atom stereocenters. The van der Waals surface area contributed by atoms with E-state index in [-0.39, 0.29) is 5.91 Å². The molecule has 0 spiro atoms. The van der Waals surface area contributed by atoms with E-state index in [2.05, 4.69) is 15.4 Å². The van der Waals surface area contributed by atoms with E-state index in [1.165, 1.54) is 0 Å². The van der Waals surface area contributed by atoms with Gasteiger partial charge < -0.3 is 9.42 Å². The van der Waals surface area contributed by atoms with Crippen LogP contribution >= 0.6 is 11.3 Å². The monoisotopic (exact) mass is 334 g/mol. The predicted octanol–water partition coefficient (Wildman–Crippen LogP) is 2.79. The predicted molar refractivity (Wildman–Crippen MR) is 87.5 cm³/mol. The zero-order chi connectivity index (χ0) is 16.4. The van der Waals surface area contributed by atoms with E-state index in [0.29, 0.717) is 18.8 Å². The van der Waals surface area contributed by atoms with E-state index >= 15 is 0 Å². The first-order valence-corrected chi connectivity index (χ1v) is 8.85. The SMILES string of the molecule is Cc1nnc(C2CCCN(C(=O)CCc3c(C)noc3C)C2)s1. The summed E-state index contributed by atoms with van der Waals surface area (Å²) in [6, 6.07) is 0. The largest absolute Gasteiger partial charge is 0.361 e. The van der Waals surface area contributed by atoms with Crippen molar-refractivity contribution in [3.8, 4) is 0 Å². The molecule has 1 unspecified atom stereocenters. The minimum Gasteiger partial charge on any atom is -0.361 e. The number of carbonyl (C=O) groups is 1. The molecule has 2 aromatic rings. The van der Waals surface area contributed by atoms with Crippen LogP contribution in [0.3, 0.4) is 0 Å². The molecule has 23 heavy (non-hydrogen) atoms. The molecular weight excluding hydrogens is 312 g/mol. The van der Waals surface area contributed by atoms with Crippen molar-refractivity contribution in [3.05, 3.63) is 27.0 Å². The third-order valence-electron chi connectivity index (χ3n) is 4.44. The van der Waals surface area contributed by atoms with Gasteiger partial charge in [-0.05, 0) is 40.0 Å². The van der Waals surface area contributed by atoms with Gasteiger partial charge in [0.2, 0.25) is 5.91 Å². The topological polar surface area (TPSA) is 72.1 Å². The van der Waals surface area contributed by atoms with E-state index < -0.39 is 0 Å². The van der Waals surface area contributed by atoms with Crippen molar-refractivity contribution in [2.75, 3.05) is 13.1 Å². The van der Waals surface area contributed by atoms with Gasteiger partial charge in [-0.1, -0.05) is 5.16 Å². The quantitative estimate of drug-likeness (QED) is 0.860. The second-order valence-corrected chi connectivity index (χ2v) is 7.35. The smallest absolute Gasteiger partial charge is 0.222 e. The number of nitrogens with zero attached hydrogens (tertiary/aromatic N) is 4. The van der Waals surface area contributed by atoms with Crippen molar-refractivity contribution in [2.24, 2.45) is 0 Å². The summed E-state index contributed by atoms with van der Waals surface area (Å²) in [5.74, 6) is 1.35. The van der Waals surface area contributed by atoms with Crippen LogP contribution in [0.5, 0.6) is 0 Å². The molecule has 1 fully saturated rings. The first-order chi connectivity index (χ1) is 11.0. The number of rotatable bonds is 4. The van der Waals surface area contributed by atoms with Crippen LogP contribution in [0.25, 0.3) is 0 Å². The molecule has 0 saturated carbocycles. The van der Waals surface area contributed by atoms with Crippen LogP contribution in [-0.2, 0) is 11.2 Å². The molecular formula is C16H22N4O2S. The van der Waals surface area contributed by atoms with Crippen LogP contribution < -0.4 is 0 Å². The standard InChI is InChI=1S/C16H22N4O2S/c1-10-14(11(2)22-19-10)6-7-15(21)20-8-4-5-13(9-20)16-18-17-12(3)23-16/h13H,4-9H2,1-3H3. The minimum atomic E-state index is 0.205. The molecule has 6 nitrogen and oxygen atoms in total. The summed E-state index contributed by atoms with van der Waals surface area (Å²) in [6.45, 7) is 7.39. The Morgan fingerprint density at radius 1 is 1.35 bits per heavy atom. The summed E-state index contributed by atoms with van der Waals surface area (Å²) in [7, 11) is 0. The number of piperidine rings is 1. The molecule has 1 aliphatic heterocycles. The van der Waals surface area contributed by atoms with Gasteiger partial charge in [0.15, 0.2) is 0 Å². The lowest BCUT2D eigenvalue weighted by Crippen LogP contribution is -2.39. The fourth-order valence-corrected chi connectivity index (χ4v) is 3.96. The highest BCUT2D eigenvalue weighted by Crippen LogP contribution is 2.29. The number of carbonyl (C=O) groups excluding carboxylic acids is 1. The van der Waals surface area contributed by atoms with Crippen molar-refractivity contribution in [2.45, 2.75) is 52.4 Å². The van der Waals surface area contributed by atoms with Gasteiger partial charge in [0.05, 0.1) is 5.69 Å². The molecule has 0 N–H and O–H groups in total. The van der Waals surface area contributed by atoms with Crippen molar-refractivity contribution in [3.63, 3.8) is 0 Å². The molecule has 7 heteroatoms. The highest BCUT2D eigenvalue weighted by atomic mass is 32.1. The summed E-state index contributed by atoms with van der Waals surface area (Å²) in [6.07, 6.45) is 3.31. The Labute approximate surface area is 139 Å². The van der Waals surface area contributed by atoms with Gasteiger partial charge in [0.1, 0.15) is 15.8 Å². The number of hydrogen-bond donors (Lipinski definition) is 0. The number of amides is 1. The van der Waals surface area contributed by atoms with E-state index in [1.807, 2.05) is 25.7 Å². The van der Waals surface area contributed by atoms with Crippen LogP contribution in [0, 0.1) is 20.8 Å². The van der Waals surface area contributed by atoms with Gasteiger partial charge in [-0.2, -0.15) is 0 Å². The van der Waals surface area contributed by atoms with Gasteiger partial charge in [0.25, 0.3) is 0 Å². The summed E-state index contributed by atoms with van der Waals surface area (Å²) in [5.41, 5.74) is 1.95. The second kappa shape index (κ2) is 6.78. The van der Waals surface area contributed by atoms with E-state index in [9.17, 15) is 4.79 Å². The highest BCUT2D eigenvalue weighted by Gasteiger charge is 2.27. The van der Waals surface area contributed by atoms with Gasteiger partial charge in [-0.3, -0.25) is 4.79 Å². The molecule has 124 valence electrons. The molecule has 2 aromatic heterocycles. The van der Waals surface area contributed by atoms with Crippen LogP contribution in [0.15, 0.2) is 4.52 Å². The van der Waals surface area contributed by atoms with E-state index in [0.717, 1.165) is 53.0 Å². The Kier molecular flexibility index (Phi) is 4.75. The average Bonchev–Trinajstić information content (AvgIpc) is 3.12. The number of aromatic nitrogens is 3. The Balaban J connectivity index is 1.59. The third kappa shape index (κ3) is 3.60. The van der Waals surface area contributed by atoms with Crippen LogP contribution in [0.2, 0.25) is 0 Å². The molecule has 0 aliphatic carbocycles. The number of likely N-dealkylation sites (tertiary alicyclic amines) is 1. The molecule has 0 aromatic carbocycles. The lowest BCUT2D eigenvalue weighted by Gasteiger charge is -2.31. The lowest BCUT2D eigenvalue weighted by molar-refractivity contribution is -0.132. The zero-order valence-corrected chi connectivity index (χ0v) is 14.7. The van der Waals surface area contributed by atoms with E-state index in [1.54, 1.807) is 11.3 Å². The molecule has 3 rings (SSSR count). The van der Waals surface area contributed by atoms with Crippen LogP contribution in [-0.4, -0.2) is 39.3 Å². The Hall–Kier alpha value is -1.76. The summed E-state index contributed by atoms with van der Waals surface area (Å²) >= 11 is 1.64. The third-order valence-corrected chi connectivity index (χ3v) is 5.44. The number of aryl methyl sites for hydroxylation is 3. The lowest BCUT2D eigenvalue weighted by atomic mass is 9.98. The van der Waals surface area contributed by atoms with Crippen molar-refractivity contribution in [1.82, 2.24) is 20.3 Å². The Morgan fingerprint density at radius 3 is 2.83 bits per heavy atom. The van der Waals surface area contributed by atoms with Crippen molar-refractivity contribution >= 4 is 17.2 Å². The first kappa shape index (κ1) is 16.1. The summed E-state index contributed by atoms with van der Waals surface area (Å²) in [4.78, 5) is 14.5. The maximum Gasteiger partial charge on any atom is 0.222 e. The Morgan fingerprint density at radius 2 is 2.17 bits per heavy atom. The van der Waals surface area contributed by atoms with Crippen molar-refractivity contribution < 1.29 is 9.32 Å². The Bertz CT molecular complexity index is 675. The molecule has 3 heterocycles. The maximum atomic E-state index is 12.5. The van der Waals surface area contributed by atoms with Gasteiger partial charge in [-0.15, -0.1) is 21.5 Å². The fourth-order valence-electron chi connectivity index (χ4n) is 3.13. The van der Waals surface area contributed by atoms with Crippen molar-refractivity contribution in [1.29, 1.82) is 0 Å². The van der Waals surface area contributed by atoms with Gasteiger partial charge >= 0.3 is 0 Å². The summed E-state index contributed by atoms with van der Waals surface area (Å²) in [5, 5.41) is 14.3. The molecule has 1 aliphatic rings. The van der Waals surface area contributed by atoms with Crippen LogP contribution in [0.4, 0.5) is 0 Å². The van der Waals surface area contributed by atoms with Crippen LogP contribution in [0.1, 0.15) is 52.2 Å². The number of hydrogen-bond acceptors (Lipinski definition) is 6. The fraction of sp³-hybridized carbons (Fsp3) is 0.625. The maximum absolute atomic E-state index is 12.5. The normalized spacial score (nSPS) is 18.4. The highest BCUT2D eigenvalue weighted by molar-refractivity contribution is 7.11. The summed E-state index contributed by atoms with van der Waals surface area (Å²) < 4.78 is 5.16. The first-order valence-electron chi connectivity index (χ1n) is 8.04. The molecule has 1 saturated heterocycles. The minimum absolute atomic E-state index is 0.205.